The number of likely N-dealkylation sites (tertiary alicyclic amines) is 1. The van der Waals surface area contributed by atoms with Gasteiger partial charge in [-0.3, -0.25) is 19.2 Å². The van der Waals surface area contributed by atoms with E-state index in [-0.39, 0.29) is 37.6 Å². The second-order valence-electron chi connectivity index (χ2n) is 15.6. The highest BCUT2D eigenvalue weighted by molar-refractivity contribution is 5.93. The van der Waals surface area contributed by atoms with Gasteiger partial charge in [0.25, 0.3) is 17.7 Å². The van der Waals surface area contributed by atoms with Crippen LogP contribution in [-0.4, -0.2) is 144 Å². The fourth-order valence-corrected chi connectivity index (χ4v) is 6.58. The summed E-state index contributed by atoms with van der Waals surface area (Å²) in [7, 11) is 4.31. The van der Waals surface area contributed by atoms with Gasteiger partial charge in [-0.1, -0.05) is 64.4 Å². The molecule has 2 rings (SSSR count). The third kappa shape index (κ3) is 14.3. The van der Waals surface area contributed by atoms with Crippen LogP contribution in [0.2, 0.25) is 0 Å². The standard InChI is InChI=1S/C42H64N4O13/c1-12-25(4)34(43-9)42(55)57-27(6)35(47)44(10)26(5)39(52)56-28(7)36(48)45(11)32(22-24(2)3)41(54)59-33(23-30-18-14-13-15-19-30)37(49)46-21-17-16-20-31(46)40(53)58-29(8)38(50)51/h13-15,18-19,24-29,31-34,43H,12,16-17,20-23H2,1-11H3,(H,50,51)/t25-,26-,27+,28+,29+,31-,32-,33+,34-/m0/s1. The maximum atomic E-state index is 14.2. The Balaban J connectivity index is 2.26. The highest BCUT2D eigenvalue weighted by Gasteiger charge is 2.41. The zero-order chi connectivity index (χ0) is 44.7. The van der Waals surface area contributed by atoms with Gasteiger partial charge in [-0.2, -0.15) is 0 Å². The number of carboxylic acid groups (broad SMARTS) is 1. The van der Waals surface area contributed by atoms with Gasteiger partial charge in [0.15, 0.2) is 24.4 Å². The lowest BCUT2D eigenvalue weighted by molar-refractivity contribution is -0.175. The predicted molar refractivity (Wildman–Crippen MR) is 214 cm³/mol. The number of esters is 4. The minimum atomic E-state index is -1.44. The highest BCUT2D eigenvalue weighted by atomic mass is 16.6. The summed E-state index contributed by atoms with van der Waals surface area (Å²) in [6.07, 6.45) is -3.43. The molecule has 17 heteroatoms. The first-order valence-electron chi connectivity index (χ1n) is 20.3. The van der Waals surface area contributed by atoms with E-state index in [4.69, 9.17) is 18.9 Å². The average molecular weight is 833 g/mol. The van der Waals surface area contributed by atoms with Crippen LogP contribution in [0.5, 0.6) is 0 Å². The molecule has 17 nitrogen and oxygen atoms in total. The number of carbonyl (C=O) groups excluding carboxylic acids is 7. The zero-order valence-electron chi connectivity index (χ0n) is 36.3. The number of nitrogens with one attached hydrogen (secondary N) is 1. The maximum absolute atomic E-state index is 14.2. The van der Waals surface area contributed by atoms with Crippen molar-refractivity contribution in [3.8, 4) is 0 Å². The third-order valence-electron chi connectivity index (χ3n) is 10.6. The van der Waals surface area contributed by atoms with Gasteiger partial charge in [0.1, 0.15) is 24.2 Å². The number of ether oxygens (including phenoxy) is 4. The van der Waals surface area contributed by atoms with E-state index in [9.17, 15) is 43.5 Å². The molecule has 1 fully saturated rings. The molecule has 0 aromatic heterocycles. The molecule has 1 aromatic rings. The molecule has 3 amide bonds. The van der Waals surface area contributed by atoms with E-state index in [0.717, 1.165) is 9.80 Å². The molecule has 0 bridgehead atoms. The number of nitrogens with zero attached hydrogens (tertiary/aromatic N) is 3. The molecule has 9 atom stereocenters. The van der Waals surface area contributed by atoms with Crippen LogP contribution in [0.15, 0.2) is 30.3 Å². The Morgan fingerprint density at radius 1 is 0.780 bits per heavy atom. The molecule has 1 aliphatic heterocycles. The highest BCUT2D eigenvalue weighted by Crippen LogP contribution is 2.24. The van der Waals surface area contributed by atoms with Gasteiger partial charge in [-0.05, 0) is 77.8 Å². The number of amides is 3. The number of hydrogen-bond donors (Lipinski definition) is 2. The van der Waals surface area contributed by atoms with Crippen molar-refractivity contribution in [2.24, 2.45) is 11.8 Å². The van der Waals surface area contributed by atoms with Crippen molar-refractivity contribution in [2.45, 2.75) is 142 Å². The largest absolute Gasteiger partial charge is 0.479 e. The Morgan fingerprint density at radius 2 is 1.36 bits per heavy atom. The van der Waals surface area contributed by atoms with Crippen molar-refractivity contribution < 1.29 is 62.4 Å². The van der Waals surface area contributed by atoms with Gasteiger partial charge < -0.3 is 44.1 Å². The first kappa shape index (κ1) is 50.1. The summed E-state index contributed by atoms with van der Waals surface area (Å²) in [6.45, 7) is 12.9. The molecule has 1 heterocycles. The fraction of sp³-hybridized carbons (Fsp3) is 0.667. The average Bonchev–Trinajstić information content (AvgIpc) is 3.20. The molecule has 2 N–H and O–H groups in total. The number of carboxylic acids is 1. The van der Waals surface area contributed by atoms with Crippen LogP contribution < -0.4 is 5.32 Å². The summed E-state index contributed by atoms with van der Waals surface area (Å²) in [5.74, 6) is -6.98. The van der Waals surface area contributed by atoms with Crippen LogP contribution in [0.25, 0.3) is 0 Å². The number of hydrogen-bond acceptors (Lipinski definition) is 13. The van der Waals surface area contributed by atoms with Crippen LogP contribution in [-0.2, 0) is 63.7 Å². The van der Waals surface area contributed by atoms with E-state index >= 15 is 0 Å². The molecule has 1 aromatic carbocycles. The monoisotopic (exact) mass is 832 g/mol. The minimum Gasteiger partial charge on any atom is -0.479 e. The van der Waals surface area contributed by atoms with E-state index in [2.05, 4.69) is 5.32 Å². The summed E-state index contributed by atoms with van der Waals surface area (Å²) < 4.78 is 22.0. The van der Waals surface area contributed by atoms with Crippen molar-refractivity contribution in [2.75, 3.05) is 27.7 Å². The Bertz CT molecular complexity index is 1620. The third-order valence-corrected chi connectivity index (χ3v) is 10.6. The Morgan fingerprint density at radius 3 is 1.90 bits per heavy atom. The van der Waals surface area contributed by atoms with Crippen LogP contribution in [0, 0.1) is 11.8 Å². The van der Waals surface area contributed by atoms with Gasteiger partial charge >= 0.3 is 29.8 Å². The normalized spacial score (nSPS) is 18.1. The van der Waals surface area contributed by atoms with Crippen LogP contribution in [0.4, 0.5) is 0 Å². The molecule has 59 heavy (non-hydrogen) atoms. The summed E-state index contributed by atoms with van der Waals surface area (Å²) in [5, 5.41) is 12.2. The second-order valence-corrected chi connectivity index (χ2v) is 15.6. The molecule has 330 valence electrons. The Labute approximate surface area is 347 Å². The van der Waals surface area contributed by atoms with Gasteiger partial charge in [0, 0.05) is 27.1 Å². The lowest BCUT2D eigenvalue weighted by Gasteiger charge is -2.37. The quantitative estimate of drug-likeness (QED) is 0.135. The summed E-state index contributed by atoms with van der Waals surface area (Å²) in [4.78, 5) is 109. The summed E-state index contributed by atoms with van der Waals surface area (Å²) in [5.41, 5.74) is 0.651. The number of likely N-dealkylation sites (N-methyl/N-ethyl adjacent to an activating group) is 3. The van der Waals surface area contributed by atoms with Gasteiger partial charge in [-0.25, -0.2) is 19.2 Å². The van der Waals surface area contributed by atoms with Crippen LogP contribution in [0.3, 0.4) is 0 Å². The van der Waals surface area contributed by atoms with Gasteiger partial charge in [-0.15, -0.1) is 0 Å². The van der Waals surface area contributed by atoms with E-state index in [1.807, 2.05) is 27.7 Å². The first-order valence-corrected chi connectivity index (χ1v) is 20.3. The van der Waals surface area contributed by atoms with Crippen molar-refractivity contribution >= 4 is 47.6 Å². The molecular formula is C42H64N4O13. The van der Waals surface area contributed by atoms with E-state index in [1.165, 1.54) is 46.7 Å². The second kappa shape index (κ2) is 23.5. The number of piperidine rings is 1. The number of carbonyl (C=O) groups is 8. The van der Waals surface area contributed by atoms with Gasteiger partial charge in [0.05, 0.1) is 0 Å². The Hall–Kier alpha value is -5.06. The molecule has 0 radical (unpaired) electrons. The molecular weight excluding hydrogens is 768 g/mol. The molecule has 0 unspecified atom stereocenters. The Kier molecular flexibility index (Phi) is 20.0. The van der Waals surface area contributed by atoms with Crippen molar-refractivity contribution in [3.05, 3.63) is 35.9 Å². The zero-order valence-corrected chi connectivity index (χ0v) is 36.3. The molecule has 0 aliphatic carbocycles. The summed E-state index contributed by atoms with van der Waals surface area (Å²) >= 11 is 0. The maximum Gasteiger partial charge on any atom is 0.344 e. The lowest BCUT2D eigenvalue weighted by atomic mass is 9.99. The summed E-state index contributed by atoms with van der Waals surface area (Å²) in [6, 6.07) is 4.62. The predicted octanol–water partition coefficient (Wildman–Crippen LogP) is 2.76. The lowest BCUT2D eigenvalue weighted by Crippen LogP contribution is -2.55. The van der Waals surface area contributed by atoms with E-state index in [0.29, 0.717) is 24.8 Å². The number of benzene rings is 1. The molecule has 0 spiro atoms. The first-order chi connectivity index (χ1) is 27.7. The topological polar surface area (TPSA) is 215 Å². The fourth-order valence-electron chi connectivity index (χ4n) is 6.58. The van der Waals surface area contributed by atoms with Crippen molar-refractivity contribution in [1.82, 2.24) is 20.0 Å². The SMILES string of the molecule is CC[C@H](C)[C@H](NC)C(=O)O[C@H](C)C(=O)N(C)[C@@H](C)C(=O)O[C@H](C)C(=O)N(C)[C@@H](CC(C)C)C(=O)O[C@H](Cc1ccccc1)C(=O)N1CCCC[C@H]1C(=O)O[C@H](C)C(=O)O. The van der Waals surface area contributed by atoms with Crippen LogP contribution in [0.1, 0.15) is 93.1 Å². The van der Waals surface area contributed by atoms with Crippen LogP contribution >= 0.6 is 0 Å². The van der Waals surface area contributed by atoms with Crippen molar-refractivity contribution in [1.29, 1.82) is 0 Å². The van der Waals surface area contributed by atoms with E-state index < -0.39 is 96.2 Å². The smallest absolute Gasteiger partial charge is 0.344 e. The molecule has 0 saturated carbocycles. The number of rotatable bonds is 21. The molecule has 1 saturated heterocycles. The van der Waals surface area contributed by atoms with E-state index in [1.54, 1.807) is 37.4 Å². The van der Waals surface area contributed by atoms with Gasteiger partial charge in [0.2, 0.25) is 0 Å². The molecule has 1 aliphatic rings. The van der Waals surface area contributed by atoms with Crippen molar-refractivity contribution in [3.63, 3.8) is 0 Å². The minimum absolute atomic E-state index is 0.0548. The number of aliphatic carboxylic acids is 1.